The standard InChI is InChI=1S/C7H12N4O/c1-3-7(4-5(7)2)11-6(12)8-9-10-11/h5H,3-4H2,1-2H3,(H,8,10,12). The molecule has 2 rings (SSSR count). The number of H-pyrrole nitrogens is 1. The molecule has 0 spiro atoms. The van der Waals surface area contributed by atoms with E-state index < -0.39 is 0 Å². The zero-order valence-electron chi connectivity index (χ0n) is 7.24. The lowest BCUT2D eigenvalue weighted by molar-refractivity contribution is 0.368. The van der Waals surface area contributed by atoms with Crippen molar-refractivity contribution < 1.29 is 0 Å². The molecule has 1 aromatic rings. The maximum atomic E-state index is 11.2. The van der Waals surface area contributed by atoms with E-state index in [0.29, 0.717) is 5.92 Å². The molecule has 1 aromatic heterocycles. The van der Waals surface area contributed by atoms with E-state index in [2.05, 4.69) is 29.4 Å². The second kappa shape index (κ2) is 2.18. The summed E-state index contributed by atoms with van der Waals surface area (Å²) in [5.74, 6) is 0.547. The summed E-state index contributed by atoms with van der Waals surface area (Å²) < 4.78 is 1.48. The van der Waals surface area contributed by atoms with E-state index in [1.165, 1.54) is 4.68 Å². The van der Waals surface area contributed by atoms with E-state index >= 15 is 0 Å². The van der Waals surface area contributed by atoms with Crippen molar-refractivity contribution in [2.75, 3.05) is 0 Å². The summed E-state index contributed by atoms with van der Waals surface area (Å²) in [7, 11) is 0. The minimum atomic E-state index is -0.193. The van der Waals surface area contributed by atoms with Gasteiger partial charge in [-0.15, -0.1) is 0 Å². The van der Waals surface area contributed by atoms with Gasteiger partial charge in [-0.1, -0.05) is 13.8 Å². The van der Waals surface area contributed by atoms with Crippen molar-refractivity contribution in [3.63, 3.8) is 0 Å². The Bertz CT molecular complexity index is 337. The zero-order chi connectivity index (χ0) is 8.77. The minimum Gasteiger partial charge on any atom is -0.244 e. The van der Waals surface area contributed by atoms with Crippen molar-refractivity contribution in [3.8, 4) is 0 Å². The molecule has 5 heteroatoms. The van der Waals surface area contributed by atoms with Crippen LogP contribution in [0.2, 0.25) is 0 Å². The Labute approximate surface area is 69.8 Å². The number of aromatic amines is 1. The molecule has 1 N–H and O–H groups in total. The van der Waals surface area contributed by atoms with Crippen molar-refractivity contribution in [2.24, 2.45) is 5.92 Å². The second-order valence-corrected chi connectivity index (χ2v) is 3.48. The number of hydrogen-bond acceptors (Lipinski definition) is 3. The van der Waals surface area contributed by atoms with Gasteiger partial charge < -0.3 is 0 Å². The average Bonchev–Trinajstić information content (AvgIpc) is 2.50. The highest BCUT2D eigenvalue weighted by Crippen LogP contribution is 2.51. The Morgan fingerprint density at radius 1 is 1.83 bits per heavy atom. The summed E-state index contributed by atoms with van der Waals surface area (Å²) in [6.07, 6.45) is 1.98. The Hall–Kier alpha value is -1.13. The Kier molecular flexibility index (Phi) is 1.37. The van der Waals surface area contributed by atoms with Gasteiger partial charge in [-0.05, 0) is 29.2 Å². The molecule has 0 aliphatic heterocycles. The summed E-state index contributed by atoms with van der Waals surface area (Å²) in [5.41, 5.74) is -0.231. The van der Waals surface area contributed by atoms with Crippen molar-refractivity contribution >= 4 is 0 Å². The first-order valence-electron chi connectivity index (χ1n) is 4.21. The third-order valence-corrected chi connectivity index (χ3v) is 2.92. The van der Waals surface area contributed by atoms with Gasteiger partial charge in [0.05, 0.1) is 5.54 Å². The summed E-state index contributed by atoms with van der Waals surface area (Å²) in [5, 5.41) is 9.57. The Morgan fingerprint density at radius 3 is 2.83 bits per heavy atom. The van der Waals surface area contributed by atoms with Gasteiger partial charge in [-0.25, -0.2) is 9.89 Å². The van der Waals surface area contributed by atoms with Crippen LogP contribution in [-0.2, 0) is 5.54 Å². The van der Waals surface area contributed by atoms with Crippen LogP contribution >= 0.6 is 0 Å². The normalized spacial score (nSPS) is 33.7. The lowest BCUT2D eigenvalue weighted by Gasteiger charge is -2.10. The smallest absolute Gasteiger partial charge is 0.244 e. The van der Waals surface area contributed by atoms with Crippen LogP contribution in [0, 0.1) is 5.92 Å². The van der Waals surface area contributed by atoms with Crippen LogP contribution in [0.25, 0.3) is 0 Å². The number of aromatic nitrogens is 4. The topological polar surface area (TPSA) is 63.6 Å². The highest BCUT2D eigenvalue weighted by molar-refractivity contribution is 5.03. The molecular formula is C7H12N4O. The van der Waals surface area contributed by atoms with Gasteiger partial charge in [-0.2, -0.15) is 4.68 Å². The van der Waals surface area contributed by atoms with Crippen LogP contribution in [0.3, 0.4) is 0 Å². The number of tetrazole rings is 1. The molecule has 0 aromatic carbocycles. The van der Waals surface area contributed by atoms with Gasteiger partial charge in [0.1, 0.15) is 0 Å². The predicted octanol–water partition coefficient (Wildman–Crippen LogP) is 0.111. The molecule has 1 aliphatic rings. The molecule has 2 unspecified atom stereocenters. The number of rotatable bonds is 2. The molecule has 1 heterocycles. The lowest BCUT2D eigenvalue weighted by Crippen LogP contribution is -2.30. The van der Waals surface area contributed by atoms with Gasteiger partial charge >= 0.3 is 5.69 Å². The minimum absolute atomic E-state index is 0.0376. The van der Waals surface area contributed by atoms with E-state index in [0.717, 1.165) is 12.8 Å². The summed E-state index contributed by atoms with van der Waals surface area (Å²) in [6.45, 7) is 4.20. The fourth-order valence-electron chi connectivity index (χ4n) is 1.90. The molecule has 12 heavy (non-hydrogen) atoms. The van der Waals surface area contributed by atoms with Crippen LogP contribution in [0.1, 0.15) is 26.7 Å². The summed E-state index contributed by atoms with van der Waals surface area (Å²) in [6, 6.07) is 0. The first-order chi connectivity index (χ1) is 5.70. The molecule has 0 amide bonds. The molecular weight excluding hydrogens is 156 g/mol. The van der Waals surface area contributed by atoms with Crippen LogP contribution in [-0.4, -0.2) is 20.2 Å². The Balaban J connectivity index is 2.43. The predicted molar refractivity (Wildman–Crippen MR) is 42.7 cm³/mol. The van der Waals surface area contributed by atoms with E-state index in [1.54, 1.807) is 0 Å². The molecule has 1 fully saturated rings. The number of nitrogens with one attached hydrogen (secondary N) is 1. The van der Waals surface area contributed by atoms with E-state index in [-0.39, 0.29) is 11.2 Å². The summed E-state index contributed by atoms with van der Waals surface area (Å²) >= 11 is 0. The lowest BCUT2D eigenvalue weighted by atomic mass is 10.1. The zero-order valence-corrected chi connectivity index (χ0v) is 7.24. The SMILES string of the molecule is CCC1(n2nn[nH]c2=O)CC1C. The van der Waals surface area contributed by atoms with Gasteiger partial charge in [0.25, 0.3) is 0 Å². The first kappa shape index (κ1) is 7.52. The molecule has 0 radical (unpaired) electrons. The van der Waals surface area contributed by atoms with E-state index in [1.807, 2.05) is 0 Å². The van der Waals surface area contributed by atoms with E-state index in [9.17, 15) is 4.79 Å². The maximum Gasteiger partial charge on any atom is 0.361 e. The third-order valence-electron chi connectivity index (χ3n) is 2.92. The first-order valence-corrected chi connectivity index (χ1v) is 4.21. The monoisotopic (exact) mass is 168 g/mol. The Morgan fingerprint density at radius 2 is 2.50 bits per heavy atom. The molecule has 66 valence electrons. The third kappa shape index (κ3) is 0.761. The van der Waals surface area contributed by atoms with Crippen LogP contribution in [0.5, 0.6) is 0 Å². The average molecular weight is 168 g/mol. The van der Waals surface area contributed by atoms with Gasteiger partial charge in [-0.3, -0.25) is 0 Å². The molecule has 5 nitrogen and oxygen atoms in total. The highest BCUT2D eigenvalue weighted by Gasteiger charge is 2.53. The summed E-state index contributed by atoms with van der Waals surface area (Å²) in [4.78, 5) is 11.2. The van der Waals surface area contributed by atoms with Crippen LogP contribution < -0.4 is 5.69 Å². The molecule has 2 atom stereocenters. The maximum absolute atomic E-state index is 11.2. The van der Waals surface area contributed by atoms with Crippen molar-refractivity contribution in [1.82, 2.24) is 20.2 Å². The fraction of sp³-hybridized carbons (Fsp3) is 0.857. The van der Waals surface area contributed by atoms with Crippen molar-refractivity contribution in [3.05, 3.63) is 10.5 Å². The molecule has 0 bridgehead atoms. The van der Waals surface area contributed by atoms with E-state index in [4.69, 9.17) is 0 Å². The van der Waals surface area contributed by atoms with Crippen LogP contribution in [0.15, 0.2) is 4.79 Å². The molecule has 1 saturated carbocycles. The number of nitrogens with zero attached hydrogens (tertiary/aromatic N) is 3. The second-order valence-electron chi connectivity index (χ2n) is 3.48. The molecule has 1 aliphatic carbocycles. The van der Waals surface area contributed by atoms with Gasteiger partial charge in [0, 0.05) is 0 Å². The van der Waals surface area contributed by atoms with Crippen molar-refractivity contribution in [2.45, 2.75) is 32.2 Å². The van der Waals surface area contributed by atoms with Gasteiger partial charge in [0.15, 0.2) is 0 Å². The molecule has 0 saturated heterocycles. The number of hydrogen-bond donors (Lipinski definition) is 1. The largest absolute Gasteiger partial charge is 0.361 e. The van der Waals surface area contributed by atoms with Crippen LogP contribution in [0.4, 0.5) is 0 Å². The van der Waals surface area contributed by atoms with Crippen molar-refractivity contribution in [1.29, 1.82) is 0 Å². The van der Waals surface area contributed by atoms with Gasteiger partial charge in [0.2, 0.25) is 0 Å². The highest BCUT2D eigenvalue weighted by atomic mass is 16.2. The quantitative estimate of drug-likeness (QED) is 0.681. The fourth-order valence-corrected chi connectivity index (χ4v) is 1.90.